The second kappa shape index (κ2) is 15.7. The van der Waals surface area contributed by atoms with Crippen LogP contribution in [0.25, 0.3) is 77.9 Å². The van der Waals surface area contributed by atoms with E-state index < -0.39 is 5.41 Å². The first kappa shape index (κ1) is 37.2. The standard InChI is InChI=1S/C62H44/c1-43-30-39-59-58(40-43)61-57(56-27-12-11-26-55(56)48-20-9-4-10-21-48)28-15-29-60(61)62(59,53-35-31-46(32-36-53)51-24-13-22-49(41-51)44-16-5-2-6-17-44)54-37-33-47(34-38-54)52-25-14-23-50(42-52)45-18-7-3-8-19-45/h2-42H,1H3. The Labute approximate surface area is 365 Å². The number of hydrogen-bond acceptors (Lipinski definition) is 0. The van der Waals surface area contributed by atoms with Crippen molar-refractivity contribution in [3.05, 3.63) is 277 Å². The number of rotatable bonds is 8. The third kappa shape index (κ3) is 6.40. The van der Waals surface area contributed by atoms with Crippen LogP contribution in [-0.4, -0.2) is 0 Å². The Morgan fingerprint density at radius 3 is 1.16 bits per heavy atom. The van der Waals surface area contributed by atoms with Crippen molar-refractivity contribution in [3.8, 4) is 77.9 Å². The van der Waals surface area contributed by atoms with Crippen LogP contribution in [0.5, 0.6) is 0 Å². The fraction of sp³-hybridized carbons (Fsp3) is 0.0323. The molecule has 0 spiro atoms. The van der Waals surface area contributed by atoms with Gasteiger partial charge in [0.1, 0.15) is 0 Å². The summed E-state index contributed by atoms with van der Waals surface area (Å²) in [5.74, 6) is 0. The molecule has 0 fully saturated rings. The van der Waals surface area contributed by atoms with Crippen LogP contribution in [0.15, 0.2) is 249 Å². The molecule has 10 aromatic carbocycles. The topological polar surface area (TPSA) is 0 Å². The average molecular weight is 789 g/mol. The molecule has 10 aromatic rings. The first-order valence-corrected chi connectivity index (χ1v) is 21.6. The highest BCUT2D eigenvalue weighted by Crippen LogP contribution is 2.59. The molecule has 0 heterocycles. The SMILES string of the molecule is Cc1ccc2c(c1)-c1c(-c3ccccc3-c3ccccc3)cccc1C2(c1ccc(-c2cccc(-c3ccccc3)c2)cc1)c1ccc(-c2cccc(-c3ccccc3)c2)cc1. The zero-order valence-corrected chi connectivity index (χ0v) is 34.7. The van der Waals surface area contributed by atoms with Gasteiger partial charge < -0.3 is 0 Å². The number of benzene rings is 10. The minimum atomic E-state index is -0.578. The lowest BCUT2D eigenvalue weighted by Crippen LogP contribution is -2.28. The van der Waals surface area contributed by atoms with Crippen molar-refractivity contribution >= 4 is 0 Å². The highest BCUT2D eigenvalue weighted by molar-refractivity contribution is 5.99. The van der Waals surface area contributed by atoms with E-state index in [2.05, 4.69) is 256 Å². The van der Waals surface area contributed by atoms with Gasteiger partial charge in [-0.3, -0.25) is 0 Å². The van der Waals surface area contributed by atoms with E-state index in [-0.39, 0.29) is 0 Å². The van der Waals surface area contributed by atoms with Gasteiger partial charge in [-0.05, 0) is 119 Å². The van der Waals surface area contributed by atoms with Crippen LogP contribution in [0, 0.1) is 6.92 Å². The van der Waals surface area contributed by atoms with Gasteiger partial charge in [-0.2, -0.15) is 0 Å². The minimum absolute atomic E-state index is 0.578. The van der Waals surface area contributed by atoms with Gasteiger partial charge in [-0.1, -0.05) is 242 Å². The molecule has 0 unspecified atom stereocenters. The predicted octanol–water partition coefficient (Wildman–Crippen LogP) is 16.4. The molecule has 62 heavy (non-hydrogen) atoms. The second-order valence-corrected chi connectivity index (χ2v) is 16.5. The first-order chi connectivity index (χ1) is 30.6. The Hall–Kier alpha value is -7.80. The van der Waals surface area contributed by atoms with E-state index >= 15 is 0 Å². The monoisotopic (exact) mass is 788 g/mol. The summed E-state index contributed by atoms with van der Waals surface area (Å²) in [5, 5.41) is 0. The van der Waals surface area contributed by atoms with E-state index in [1.165, 1.54) is 106 Å². The fourth-order valence-electron chi connectivity index (χ4n) is 9.94. The molecule has 0 heteroatoms. The lowest BCUT2D eigenvalue weighted by molar-refractivity contribution is 0.768. The van der Waals surface area contributed by atoms with Crippen LogP contribution < -0.4 is 0 Å². The van der Waals surface area contributed by atoms with Crippen molar-refractivity contribution in [2.75, 3.05) is 0 Å². The van der Waals surface area contributed by atoms with Gasteiger partial charge in [-0.15, -0.1) is 0 Å². The van der Waals surface area contributed by atoms with Crippen molar-refractivity contribution in [3.63, 3.8) is 0 Å². The van der Waals surface area contributed by atoms with Crippen LogP contribution in [0.2, 0.25) is 0 Å². The van der Waals surface area contributed by atoms with Crippen molar-refractivity contribution in [1.82, 2.24) is 0 Å². The van der Waals surface area contributed by atoms with E-state index in [1.807, 2.05) is 0 Å². The summed E-state index contributed by atoms with van der Waals surface area (Å²) in [4.78, 5) is 0. The van der Waals surface area contributed by atoms with Crippen LogP contribution in [0.3, 0.4) is 0 Å². The molecule has 0 amide bonds. The Balaban J connectivity index is 1.12. The molecular weight excluding hydrogens is 745 g/mol. The zero-order valence-electron chi connectivity index (χ0n) is 34.7. The largest absolute Gasteiger partial charge is 0.0713 e. The summed E-state index contributed by atoms with van der Waals surface area (Å²) in [5.41, 5.74) is 23.0. The predicted molar refractivity (Wildman–Crippen MR) is 261 cm³/mol. The molecule has 0 N–H and O–H groups in total. The maximum atomic E-state index is 2.41. The van der Waals surface area contributed by atoms with Gasteiger partial charge in [0.15, 0.2) is 0 Å². The molecule has 0 bridgehead atoms. The van der Waals surface area contributed by atoms with Crippen molar-refractivity contribution in [2.24, 2.45) is 0 Å². The highest BCUT2D eigenvalue weighted by atomic mass is 14.5. The Morgan fingerprint density at radius 1 is 0.242 bits per heavy atom. The van der Waals surface area contributed by atoms with Crippen LogP contribution in [-0.2, 0) is 5.41 Å². The normalized spacial score (nSPS) is 12.4. The lowest BCUT2D eigenvalue weighted by atomic mass is 9.67. The molecule has 0 saturated carbocycles. The third-order valence-electron chi connectivity index (χ3n) is 12.9. The second-order valence-electron chi connectivity index (χ2n) is 16.5. The maximum absolute atomic E-state index is 2.41. The Morgan fingerprint density at radius 2 is 0.645 bits per heavy atom. The summed E-state index contributed by atoms with van der Waals surface area (Å²) >= 11 is 0. The Bertz CT molecular complexity index is 3070. The molecule has 11 rings (SSSR count). The van der Waals surface area contributed by atoms with Gasteiger partial charge in [-0.25, -0.2) is 0 Å². The quantitative estimate of drug-likeness (QED) is 0.144. The Kier molecular flexibility index (Phi) is 9.40. The van der Waals surface area contributed by atoms with Crippen molar-refractivity contribution in [2.45, 2.75) is 12.3 Å². The van der Waals surface area contributed by atoms with Crippen LogP contribution in [0.4, 0.5) is 0 Å². The average Bonchev–Trinajstić information content (AvgIpc) is 3.65. The van der Waals surface area contributed by atoms with Crippen LogP contribution >= 0.6 is 0 Å². The van der Waals surface area contributed by atoms with E-state index in [0.717, 1.165) is 0 Å². The summed E-state index contributed by atoms with van der Waals surface area (Å²) in [6.07, 6.45) is 0. The van der Waals surface area contributed by atoms with E-state index in [4.69, 9.17) is 0 Å². The number of aryl methyl sites for hydroxylation is 1. The highest BCUT2D eigenvalue weighted by Gasteiger charge is 2.47. The molecule has 292 valence electrons. The summed E-state index contributed by atoms with van der Waals surface area (Å²) in [6.45, 7) is 2.22. The fourth-order valence-corrected chi connectivity index (χ4v) is 9.94. The van der Waals surface area contributed by atoms with Gasteiger partial charge in [0.2, 0.25) is 0 Å². The number of hydrogen-bond donors (Lipinski definition) is 0. The third-order valence-corrected chi connectivity index (χ3v) is 12.9. The molecule has 0 aliphatic heterocycles. The maximum Gasteiger partial charge on any atom is 0.0713 e. The molecule has 0 atom stereocenters. The summed E-state index contributed by atoms with van der Waals surface area (Å²) in [7, 11) is 0. The van der Waals surface area contributed by atoms with Gasteiger partial charge >= 0.3 is 0 Å². The summed E-state index contributed by atoms with van der Waals surface area (Å²) in [6, 6.07) is 91.7. The first-order valence-electron chi connectivity index (χ1n) is 21.6. The van der Waals surface area contributed by atoms with E-state index in [0.29, 0.717) is 0 Å². The number of fused-ring (bicyclic) bond motifs is 3. The van der Waals surface area contributed by atoms with Gasteiger partial charge in [0.25, 0.3) is 0 Å². The molecule has 0 radical (unpaired) electrons. The van der Waals surface area contributed by atoms with Crippen molar-refractivity contribution in [1.29, 1.82) is 0 Å². The van der Waals surface area contributed by atoms with Gasteiger partial charge in [0.05, 0.1) is 5.41 Å². The van der Waals surface area contributed by atoms with Gasteiger partial charge in [0, 0.05) is 0 Å². The zero-order chi connectivity index (χ0) is 41.5. The molecule has 0 nitrogen and oxygen atoms in total. The smallest absolute Gasteiger partial charge is 0.0622 e. The molecule has 1 aliphatic carbocycles. The minimum Gasteiger partial charge on any atom is -0.0622 e. The van der Waals surface area contributed by atoms with E-state index in [1.54, 1.807) is 0 Å². The molecule has 0 aromatic heterocycles. The molecule has 0 saturated heterocycles. The van der Waals surface area contributed by atoms with E-state index in [9.17, 15) is 0 Å². The van der Waals surface area contributed by atoms with Crippen LogP contribution in [0.1, 0.15) is 27.8 Å². The molecular formula is C62H44. The molecule has 1 aliphatic rings. The summed E-state index contributed by atoms with van der Waals surface area (Å²) < 4.78 is 0. The van der Waals surface area contributed by atoms with Crippen molar-refractivity contribution < 1.29 is 0 Å². The lowest BCUT2D eigenvalue weighted by Gasteiger charge is -2.34.